The number of nitrogens with zero attached hydrogens (tertiary/aromatic N) is 5. The van der Waals surface area contributed by atoms with E-state index in [9.17, 15) is 10.1 Å². The largest absolute Gasteiger partial charge is 0.459 e. The van der Waals surface area contributed by atoms with Crippen molar-refractivity contribution in [1.29, 1.82) is 5.26 Å². The molecule has 5 rings (SSSR count). The van der Waals surface area contributed by atoms with Gasteiger partial charge in [0.05, 0.1) is 12.0 Å². The molecule has 1 saturated heterocycles. The molecule has 1 amide bonds. The minimum atomic E-state index is -0.101. The predicted octanol–water partition coefficient (Wildman–Crippen LogP) is 3.52. The fourth-order valence-electron chi connectivity index (χ4n) is 4.07. The molecule has 166 valence electrons. The van der Waals surface area contributed by atoms with Crippen LogP contribution in [0.1, 0.15) is 24.1 Å². The number of carbonyl (C=O) groups is 1. The van der Waals surface area contributed by atoms with Gasteiger partial charge in [-0.3, -0.25) is 4.79 Å². The molecule has 0 aliphatic carbocycles. The third-order valence-corrected chi connectivity index (χ3v) is 5.80. The molecular formula is C24H22N6O3. The summed E-state index contributed by atoms with van der Waals surface area (Å²) in [6.07, 6.45) is 6.46. The highest BCUT2D eigenvalue weighted by Gasteiger charge is 2.29. The monoisotopic (exact) mass is 442 g/mol. The van der Waals surface area contributed by atoms with E-state index in [2.05, 4.69) is 21.5 Å². The molecule has 1 aliphatic heterocycles. The van der Waals surface area contributed by atoms with E-state index in [0.717, 1.165) is 11.3 Å². The number of rotatable bonds is 6. The van der Waals surface area contributed by atoms with Crippen LogP contribution >= 0.6 is 0 Å². The van der Waals surface area contributed by atoms with Gasteiger partial charge in [-0.1, -0.05) is 18.2 Å². The number of furan rings is 1. The molecule has 1 N–H and O–H groups in total. The number of aromatic nitrogens is 3. The van der Waals surface area contributed by atoms with Crippen molar-refractivity contribution in [3.63, 3.8) is 0 Å². The fraction of sp³-hybridized carbons (Fsp3) is 0.250. The summed E-state index contributed by atoms with van der Waals surface area (Å²) in [7, 11) is 0. The zero-order chi connectivity index (χ0) is 22.6. The van der Waals surface area contributed by atoms with Crippen LogP contribution in [0.15, 0.2) is 70.0 Å². The average molecular weight is 442 g/mol. The van der Waals surface area contributed by atoms with Crippen molar-refractivity contribution in [3.05, 3.63) is 72.4 Å². The zero-order valence-electron chi connectivity index (χ0n) is 17.8. The molecule has 1 aromatic carbocycles. The van der Waals surface area contributed by atoms with E-state index in [1.165, 1.54) is 6.26 Å². The van der Waals surface area contributed by atoms with Gasteiger partial charge in [-0.2, -0.15) is 15.3 Å². The number of oxazole rings is 1. The minimum absolute atomic E-state index is 0.0271. The SMILES string of the molecule is N#Cc1nc(-c2ccco2)oc1N1CCC(C(=O)NCc2ccccc2-n2cccn2)CC1. The van der Waals surface area contributed by atoms with E-state index < -0.39 is 0 Å². The van der Waals surface area contributed by atoms with Crippen LogP contribution in [0.4, 0.5) is 5.88 Å². The van der Waals surface area contributed by atoms with Crippen LogP contribution in [0.2, 0.25) is 0 Å². The Morgan fingerprint density at radius 1 is 1.18 bits per heavy atom. The summed E-state index contributed by atoms with van der Waals surface area (Å²) < 4.78 is 12.9. The number of piperidine rings is 1. The molecule has 1 fully saturated rings. The summed E-state index contributed by atoms with van der Waals surface area (Å²) in [4.78, 5) is 19.1. The summed E-state index contributed by atoms with van der Waals surface area (Å²) in [5.41, 5.74) is 2.16. The van der Waals surface area contributed by atoms with Crippen LogP contribution in [0, 0.1) is 17.2 Å². The van der Waals surface area contributed by atoms with Gasteiger partial charge >= 0.3 is 0 Å². The van der Waals surface area contributed by atoms with Crippen molar-refractivity contribution in [3.8, 4) is 23.4 Å². The van der Waals surface area contributed by atoms with Crippen LogP contribution < -0.4 is 10.2 Å². The molecule has 0 bridgehead atoms. The second-order valence-corrected chi connectivity index (χ2v) is 7.82. The molecule has 33 heavy (non-hydrogen) atoms. The van der Waals surface area contributed by atoms with Gasteiger partial charge in [-0.05, 0) is 42.7 Å². The topological polar surface area (TPSA) is 113 Å². The zero-order valence-corrected chi connectivity index (χ0v) is 17.8. The first kappa shape index (κ1) is 20.6. The molecule has 0 saturated carbocycles. The van der Waals surface area contributed by atoms with Gasteiger partial charge in [-0.15, -0.1) is 0 Å². The summed E-state index contributed by atoms with van der Waals surface area (Å²) in [5, 5.41) is 16.8. The highest BCUT2D eigenvalue weighted by Crippen LogP contribution is 2.31. The molecule has 0 atom stereocenters. The number of nitriles is 1. The Morgan fingerprint density at radius 2 is 2.03 bits per heavy atom. The number of nitrogens with one attached hydrogen (secondary N) is 1. The van der Waals surface area contributed by atoms with Crippen LogP contribution in [-0.2, 0) is 11.3 Å². The number of para-hydroxylation sites is 1. The van der Waals surface area contributed by atoms with Gasteiger partial charge in [0.2, 0.25) is 17.5 Å². The Kier molecular flexibility index (Phi) is 5.64. The highest BCUT2D eigenvalue weighted by molar-refractivity contribution is 5.79. The number of amides is 1. The van der Waals surface area contributed by atoms with E-state index in [1.54, 1.807) is 23.0 Å². The van der Waals surface area contributed by atoms with E-state index in [4.69, 9.17) is 8.83 Å². The Morgan fingerprint density at radius 3 is 2.76 bits per heavy atom. The number of hydrogen-bond acceptors (Lipinski definition) is 7. The summed E-state index contributed by atoms with van der Waals surface area (Å²) in [5.74, 6) is 1.11. The summed E-state index contributed by atoms with van der Waals surface area (Å²) in [6.45, 7) is 1.63. The molecule has 0 unspecified atom stereocenters. The molecule has 0 spiro atoms. The summed E-state index contributed by atoms with van der Waals surface area (Å²) in [6, 6.07) is 15.3. The molecule has 3 aromatic heterocycles. The van der Waals surface area contributed by atoms with Gasteiger partial charge in [0.15, 0.2) is 5.76 Å². The first-order valence-electron chi connectivity index (χ1n) is 10.8. The molecule has 0 radical (unpaired) electrons. The predicted molar refractivity (Wildman–Crippen MR) is 119 cm³/mol. The molecule has 4 heterocycles. The van der Waals surface area contributed by atoms with Gasteiger partial charge in [0.25, 0.3) is 5.89 Å². The Hall–Kier alpha value is -4.32. The maximum Gasteiger partial charge on any atom is 0.266 e. The van der Waals surface area contributed by atoms with E-state index in [0.29, 0.717) is 44.1 Å². The van der Waals surface area contributed by atoms with Crippen molar-refractivity contribution in [2.75, 3.05) is 18.0 Å². The van der Waals surface area contributed by atoms with E-state index in [-0.39, 0.29) is 23.4 Å². The standard InChI is InChI=1S/C24H22N6O3/c25-15-19-24(33-23(28-19)21-7-3-14-32-21)29-12-8-17(9-13-29)22(31)26-16-18-5-1-2-6-20(18)30-11-4-10-27-30/h1-7,10-11,14,17H,8-9,12-13,16H2,(H,26,31). The van der Waals surface area contributed by atoms with Crippen molar-refractivity contribution in [2.24, 2.45) is 5.92 Å². The van der Waals surface area contributed by atoms with E-state index >= 15 is 0 Å². The lowest BCUT2D eigenvalue weighted by Gasteiger charge is -2.31. The molecule has 1 aliphatic rings. The number of anilines is 1. The quantitative estimate of drug-likeness (QED) is 0.486. The second-order valence-electron chi connectivity index (χ2n) is 7.82. The van der Waals surface area contributed by atoms with Gasteiger partial charge in [0, 0.05) is 37.9 Å². The molecule has 4 aromatic rings. The van der Waals surface area contributed by atoms with Crippen molar-refractivity contribution in [2.45, 2.75) is 19.4 Å². The van der Waals surface area contributed by atoms with Crippen LogP contribution in [0.25, 0.3) is 17.3 Å². The normalized spacial score (nSPS) is 14.2. The fourth-order valence-corrected chi connectivity index (χ4v) is 4.07. The van der Waals surface area contributed by atoms with Crippen LogP contribution in [0.5, 0.6) is 0 Å². The maximum absolute atomic E-state index is 12.8. The third kappa shape index (κ3) is 4.23. The first-order chi connectivity index (χ1) is 16.2. The number of carbonyl (C=O) groups excluding carboxylic acids is 1. The average Bonchev–Trinajstić information content (AvgIpc) is 3.64. The van der Waals surface area contributed by atoms with Gasteiger partial charge in [-0.25, -0.2) is 4.68 Å². The van der Waals surface area contributed by atoms with Crippen LogP contribution in [-0.4, -0.2) is 33.8 Å². The number of hydrogen-bond donors (Lipinski definition) is 1. The minimum Gasteiger partial charge on any atom is -0.459 e. The van der Waals surface area contributed by atoms with E-state index in [1.807, 2.05) is 41.4 Å². The van der Waals surface area contributed by atoms with Crippen molar-refractivity contribution in [1.82, 2.24) is 20.1 Å². The molecule has 9 heteroatoms. The summed E-state index contributed by atoms with van der Waals surface area (Å²) >= 11 is 0. The Balaban J connectivity index is 1.20. The lowest BCUT2D eigenvalue weighted by Crippen LogP contribution is -2.40. The van der Waals surface area contributed by atoms with Crippen molar-refractivity contribution < 1.29 is 13.6 Å². The number of benzene rings is 1. The van der Waals surface area contributed by atoms with Gasteiger partial charge < -0.3 is 19.1 Å². The molecular weight excluding hydrogens is 420 g/mol. The Bertz CT molecular complexity index is 1260. The smallest absolute Gasteiger partial charge is 0.266 e. The Labute approximate surface area is 190 Å². The van der Waals surface area contributed by atoms with Crippen molar-refractivity contribution >= 4 is 11.8 Å². The van der Waals surface area contributed by atoms with Crippen LogP contribution in [0.3, 0.4) is 0 Å². The second kappa shape index (κ2) is 9.04. The highest BCUT2D eigenvalue weighted by atomic mass is 16.4. The lowest BCUT2D eigenvalue weighted by atomic mass is 9.95. The molecule has 9 nitrogen and oxygen atoms in total. The first-order valence-corrected chi connectivity index (χ1v) is 10.8. The van der Waals surface area contributed by atoms with Gasteiger partial charge in [0.1, 0.15) is 6.07 Å². The third-order valence-electron chi connectivity index (χ3n) is 5.80. The maximum atomic E-state index is 12.8. The lowest BCUT2D eigenvalue weighted by molar-refractivity contribution is -0.125.